The Balaban J connectivity index is 2.36. The van der Waals surface area contributed by atoms with Gasteiger partial charge in [0.25, 0.3) is 0 Å². The fraction of sp³-hybridized carbons (Fsp3) is 0.769. The van der Waals surface area contributed by atoms with E-state index in [-0.39, 0.29) is 30.7 Å². The highest BCUT2D eigenvalue weighted by Crippen LogP contribution is 2.19. The van der Waals surface area contributed by atoms with Crippen LogP contribution in [0.5, 0.6) is 0 Å². The van der Waals surface area contributed by atoms with Crippen LogP contribution in [0.25, 0.3) is 0 Å². The maximum absolute atomic E-state index is 11.9. The zero-order valence-corrected chi connectivity index (χ0v) is 11.7. The minimum Gasteiger partial charge on any atom is -0.481 e. The summed E-state index contributed by atoms with van der Waals surface area (Å²) < 4.78 is 0. The molecular weight excluding hydrogens is 248 g/mol. The minimum absolute atomic E-state index is 0.0180. The predicted octanol–water partition coefficient (Wildman–Crippen LogP) is 0.472. The molecule has 1 aliphatic heterocycles. The monoisotopic (exact) mass is 270 g/mol. The average Bonchev–Trinajstić information content (AvgIpc) is 2.71. The molecule has 0 aromatic heterocycles. The van der Waals surface area contributed by atoms with Gasteiger partial charge in [-0.2, -0.15) is 0 Å². The highest BCUT2D eigenvalue weighted by Gasteiger charge is 2.28. The third kappa shape index (κ3) is 4.89. The van der Waals surface area contributed by atoms with Gasteiger partial charge in [-0.25, -0.2) is 0 Å². The van der Waals surface area contributed by atoms with Crippen molar-refractivity contribution >= 4 is 17.8 Å². The molecule has 1 fully saturated rings. The number of hydrogen-bond donors (Lipinski definition) is 2. The van der Waals surface area contributed by atoms with E-state index in [9.17, 15) is 14.4 Å². The first kappa shape index (κ1) is 15.5. The van der Waals surface area contributed by atoms with Crippen molar-refractivity contribution in [3.05, 3.63) is 0 Å². The summed E-state index contributed by atoms with van der Waals surface area (Å²) in [6, 6.07) is 0. The Bertz CT molecular complexity index is 373. The molecule has 0 aromatic carbocycles. The number of carboxylic acid groups (broad SMARTS) is 1. The van der Waals surface area contributed by atoms with Crippen LogP contribution >= 0.6 is 0 Å². The molecule has 0 bridgehead atoms. The molecule has 0 saturated carbocycles. The molecule has 108 valence electrons. The lowest BCUT2D eigenvalue weighted by atomic mass is 9.96. The predicted molar refractivity (Wildman–Crippen MR) is 69.4 cm³/mol. The van der Waals surface area contributed by atoms with Crippen LogP contribution in [0.1, 0.15) is 33.6 Å². The number of aliphatic carboxylic acids is 1. The van der Waals surface area contributed by atoms with Crippen LogP contribution in [0.4, 0.5) is 0 Å². The number of nitrogens with one attached hydrogen (secondary N) is 1. The van der Waals surface area contributed by atoms with Crippen molar-refractivity contribution in [1.29, 1.82) is 0 Å². The van der Waals surface area contributed by atoms with Gasteiger partial charge in [-0.3, -0.25) is 14.4 Å². The highest BCUT2D eigenvalue weighted by atomic mass is 16.4. The van der Waals surface area contributed by atoms with E-state index in [2.05, 4.69) is 5.32 Å². The molecule has 1 atom stereocenters. The van der Waals surface area contributed by atoms with Gasteiger partial charge in [0.1, 0.15) is 0 Å². The largest absolute Gasteiger partial charge is 0.481 e. The number of likely N-dealkylation sites (tertiary alicyclic amines) is 1. The standard InChI is InChI=1S/C13H22N2O4/c1-13(2,3)12(19)14-7-10(16)15-5-4-9(8-15)6-11(17)18/h9H,4-8H2,1-3H3,(H,14,19)(H,17,18). The van der Waals surface area contributed by atoms with E-state index in [4.69, 9.17) is 5.11 Å². The summed E-state index contributed by atoms with van der Waals surface area (Å²) in [5.41, 5.74) is -0.517. The zero-order chi connectivity index (χ0) is 14.6. The van der Waals surface area contributed by atoms with Crippen molar-refractivity contribution in [1.82, 2.24) is 10.2 Å². The third-order valence-corrected chi connectivity index (χ3v) is 3.18. The quantitative estimate of drug-likeness (QED) is 0.777. The lowest BCUT2D eigenvalue weighted by Crippen LogP contribution is -2.42. The lowest BCUT2D eigenvalue weighted by Gasteiger charge is -2.20. The molecule has 6 heteroatoms. The minimum atomic E-state index is -0.833. The zero-order valence-electron chi connectivity index (χ0n) is 11.7. The van der Waals surface area contributed by atoms with Gasteiger partial charge in [-0.1, -0.05) is 20.8 Å². The van der Waals surface area contributed by atoms with E-state index >= 15 is 0 Å². The Kier molecular flexibility index (Phi) is 4.91. The molecule has 1 heterocycles. The van der Waals surface area contributed by atoms with Crippen LogP contribution in [0.2, 0.25) is 0 Å². The summed E-state index contributed by atoms with van der Waals surface area (Å²) in [6.45, 7) is 6.37. The van der Waals surface area contributed by atoms with Crippen molar-refractivity contribution in [3.63, 3.8) is 0 Å². The number of amides is 2. The van der Waals surface area contributed by atoms with Gasteiger partial charge < -0.3 is 15.3 Å². The second-order valence-electron chi connectivity index (χ2n) is 6.02. The van der Waals surface area contributed by atoms with Crippen LogP contribution < -0.4 is 5.32 Å². The van der Waals surface area contributed by atoms with Crippen LogP contribution in [0.15, 0.2) is 0 Å². The summed E-state index contributed by atoms with van der Waals surface area (Å²) >= 11 is 0. The Morgan fingerprint density at radius 1 is 1.32 bits per heavy atom. The van der Waals surface area contributed by atoms with E-state index in [0.29, 0.717) is 19.5 Å². The summed E-state index contributed by atoms with van der Waals surface area (Å²) in [6.07, 6.45) is 0.809. The maximum Gasteiger partial charge on any atom is 0.303 e. The molecule has 0 aliphatic carbocycles. The first-order chi connectivity index (χ1) is 8.70. The molecule has 2 N–H and O–H groups in total. The molecule has 1 saturated heterocycles. The summed E-state index contributed by atoms with van der Waals surface area (Å²) in [5.74, 6) is -1.12. The Labute approximate surface area is 113 Å². The van der Waals surface area contributed by atoms with Crippen molar-refractivity contribution in [2.45, 2.75) is 33.6 Å². The Morgan fingerprint density at radius 3 is 2.47 bits per heavy atom. The molecule has 19 heavy (non-hydrogen) atoms. The smallest absolute Gasteiger partial charge is 0.303 e. The number of nitrogens with zero attached hydrogens (tertiary/aromatic N) is 1. The molecule has 1 rings (SSSR count). The van der Waals surface area contributed by atoms with Gasteiger partial charge in [0.2, 0.25) is 11.8 Å². The second kappa shape index (κ2) is 6.04. The molecule has 0 radical (unpaired) electrons. The lowest BCUT2D eigenvalue weighted by molar-refractivity contribution is -0.138. The SMILES string of the molecule is CC(C)(C)C(=O)NCC(=O)N1CCC(CC(=O)O)C1. The normalized spacial score (nSPS) is 19.3. The number of carbonyl (C=O) groups excluding carboxylic acids is 2. The number of carbonyl (C=O) groups is 3. The number of rotatable bonds is 4. The second-order valence-corrected chi connectivity index (χ2v) is 6.02. The van der Waals surface area contributed by atoms with Gasteiger partial charge in [0.05, 0.1) is 6.54 Å². The van der Waals surface area contributed by atoms with Gasteiger partial charge in [0.15, 0.2) is 0 Å². The van der Waals surface area contributed by atoms with E-state index in [1.165, 1.54) is 0 Å². The van der Waals surface area contributed by atoms with Crippen molar-refractivity contribution < 1.29 is 19.5 Å². The Morgan fingerprint density at radius 2 is 1.95 bits per heavy atom. The van der Waals surface area contributed by atoms with E-state index in [1.54, 1.807) is 25.7 Å². The Hall–Kier alpha value is -1.59. The van der Waals surface area contributed by atoms with Crippen molar-refractivity contribution in [3.8, 4) is 0 Å². The molecule has 2 amide bonds. The van der Waals surface area contributed by atoms with Crippen LogP contribution in [-0.4, -0.2) is 47.4 Å². The average molecular weight is 270 g/mol. The third-order valence-electron chi connectivity index (χ3n) is 3.18. The van der Waals surface area contributed by atoms with E-state index in [1.807, 2.05) is 0 Å². The molecule has 0 aromatic rings. The first-order valence-corrected chi connectivity index (χ1v) is 6.48. The number of carboxylic acids is 1. The first-order valence-electron chi connectivity index (χ1n) is 6.48. The van der Waals surface area contributed by atoms with Crippen LogP contribution in [0.3, 0.4) is 0 Å². The van der Waals surface area contributed by atoms with Gasteiger partial charge in [-0.05, 0) is 12.3 Å². The maximum atomic E-state index is 11.9. The molecule has 6 nitrogen and oxygen atoms in total. The number of hydrogen-bond acceptors (Lipinski definition) is 3. The fourth-order valence-corrected chi connectivity index (χ4v) is 2.01. The van der Waals surface area contributed by atoms with Gasteiger partial charge >= 0.3 is 5.97 Å². The topological polar surface area (TPSA) is 86.7 Å². The summed E-state index contributed by atoms with van der Waals surface area (Å²) in [5, 5.41) is 11.3. The molecular formula is C13H22N2O4. The highest BCUT2D eigenvalue weighted by molar-refractivity contribution is 5.87. The van der Waals surface area contributed by atoms with Gasteiger partial charge in [-0.15, -0.1) is 0 Å². The van der Waals surface area contributed by atoms with Crippen molar-refractivity contribution in [2.75, 3.05) is 19.6 Å². The molecule has 1 unspecified atom stereocenters. The molecule has 1 aliphatic rings. The van der Waals surface area contributed by atoms with Crippen molar-refractivity contribution in [2.24, 2.45) is 11.3 Å². The fourth-order valence-electron chi connectivity index (χ4n) is 2.01. The summed E-state index contributed by atoms with van der Waals surface area (Å²) in [4.78, 5) is 35.7. The summed E-state index contributed by atoms with van der Waals surface area (Å²) in [7, 11) is 0. The molecule has 0 spiro atoms. The van der Waals surface area contributed by atoms with E-state index < -0.39 is 11.4 Å². The van der Waals surface area contributed by atoms with Crippen LogP contribution in [-0.2, 0) is 14.4 Å². The van der Waals surface area contributed by atoms with E-state index in [0.717, 1.165) is 0 Å². The van der Waals surface area contributed by atoms with Crippen LogP contribution in [0, 0.1) is 11.3 Å². The van der Waals surface area contributed by atoms with Gasteiger partial charge in [0, 0.05) is 24.9 Å².